The molecule has 1 saturated carbocycles. The summed E-state index contributed by atoms with van der Waals surface area (Å²) in [4.78, 5) is 0. The van der Waals surface area contributed by atoms with Crippen LogP contribution in [0.5, 0.6) is 0 Å². The van der Waals surface area contributed by atoms with Gasteiger partial charge in [-0.25, -0.2) is 0 Å². The molecule has 2 rings (SSSR count). The van der Waals surface area contributed by atoms with E-state index in [0.29, 0.717) is 5.92 Å². The van der Waals surface area contributed by atoms with Crippen molar-refractivity contribution in [1.82, 2.24) is 15.5 Å². The molecule has 0 saturated heterocycles. The van der Waals surface area contributed by atoms with Gasteiger partial charge < -0.3 is 9.73 Å². The molecule has 21 heavy (non-hydrogen) atoms. The lowest BCUT2D eigenvalue weighted by atomic mass is 9.69. The first-order valence-corrected chi connectivity index (χ1v) is 8.35. The van der Waals surface area contributed by atoms with E-state index < -0.39 is 0 Å². The lowest BCUT2D eigenvalue weighted by Crippen LogP contribution is -2.36. The maximum atomic E-state index is 5.94. The van der Waals surface area contributed by atoms with Crippen molar-refractivity contribution in [1.29, 1.82) is 0 Å². The summed E-state index contributed by atoms with van der Waals surface area (Å²) in [5.74, 6) is 2.08. The second kappa shape index (κ2) is 6.47. The van der Waals surface area contributed by atoms with Crippen molar-refractivity contribution < 1.29 is 4.42 Å². The largest absolute Gasteiger partial charge is 0.425 e. The highest BCUT2D eigenvalue weighted by atomic mass is 16.4. The molecule has 1 atom stereocenters. The molecule has 1 aliphatic carbocycles. The Hall–Kier alpha value is -0.900. The number of rotatable bonds is 5. The van der Waals surface area contributed by atoms with Crippen molar-refractivity contribution in [3.63, 3.8) is 0 Å². The van der Waals surface area contributed by atoms with Crippen LogP contribution < -0.4 is 5.32 Å². The van der Waals surface area contributed by atoms with Gasteiger partial charge in [0.2, 0.25) is 11.8 Å². The van der Waals surface area contributed by atoms with Gasteiger partial charge in [0.15, 0.2) is 0 Å². The normalized spacial score (nSPS) is 22.4. The number of aromatic nitrogens is 2. The quantitative estimate of drug-likeness (QED) is 0.831. The minimum Gasteiger partial charge on any atom is -0.425 e. The summed E-state index contributed by atoms with van der Waals surface area (Å²) in [6, 6.07) is 0. The van der Waals surface area contributed by atoms with Crippen LogP contribution in [0.3, 0.4) is 0 Å². The van der Waals surface area contributed by atoms with Gasteiger partial charge in [0.05, 0.1) is 0 Å². The Bertz CT molecular complexity index is 445. The van der Waals surface area contributed by atoms with Gasteiger partial charge in [-0.05, 0) is 52.0 Å². The van der Waals surface area contributed by atoms with E-state index in [1.54, 1.807) is 0 Å². The van der Waals surface area contributed by atoms with Crippen molar-refractivity contribution in [3.05, 3.63) is 11.8 Å². The smallest absolute Gasteiger partial charge is 0.220 e. The predicted octanol–water partition coefficient (Wildman–Crippen LogP) is 4.07. The Labute approximate surface area is 129 Å². The van der Waals surface area contributed by atoms with Crippen molar-refractivity contribution >= 4 is 0 Å². The van der Waals surface area contributed by atoms with Crippen LogP contribution in [-0.4, -0.2) is 22.3 Å². The molecule has 1 aliphatic rings. The molecule has 0 bridgehead atoms. The van der Waals surface area contributed by atoms with Gasteiger partial charge in [-0.2, -0.15) is 0 Å². The lowest BCUT2D eigenvalue weighted by Gasteiger charge is -2.36. The monoisotopic (exact) mass is 293 g/mol. The minimum atomic E-state index is 0.173. The minimum absolute atomic E-state index is 0.173. The number of nitrogens with one attached hydrogen (secondary N) is 1. The summed E-state index contributed by atoms with van der Waals surface area (Å²) in [6.45, 7) is 12.2. The third-order valence-corrected chi connectivity index (χ3v) is 4.51. The average molecular weight is 293 g/mol. The molecule has 1 N–H and O–H groups in total. The third kappa shape index (κ3) is 4.80. The molecule has 1 fully saturated rings. The highest BCUT2D eigenvalue weighted by Gasteiger charge is 2.36. The Balaban J connectivity index is 1.86. The van der Waals surface area contributed by atoms with Crippen LogP contribution in [-0.2, 0) is 6.42 Å². The first kappa shape index (κ1) is 16.5. The maximum Gasteiger partial charge on any atom is 0.220 e. The van der Waals surface area contributed by atoms with Gasteiger partial charge in [-0.3, -0.25) is 0 Å². The van der Waals surface area contributed by atoms with Crippen LogP contribution in [0.1, 0.15) is 84.4 Å². The lowest BCUT2D eigenvalue weighted by molar-refractivity contribution is 0.171. The van der Waals surface area contributed by atoms with Crippen LogP contribution in [0.4, 0.5) is 0 Å². The standard InChI is InChI=1S/C17H31N3O/c1-16(2,3)18-12-8-10-14-19-20-15(21-14)13-9-6-7-11-17(13,4)5/h13,18H,6-12H2,1-5H3. The highest BCUT2D eigenvalue weighted by Crippen LogP contribution is 2.46. The highest BCUT2D eigenvalue weighted by molar-refractivity contribution is 5.01. The summed E-state index contributed by atoms with van der Waals surface area (Å²) in [7, 11) is 0. The number of nitrogens with zero attached hydrogens (tertiary/aromatic N) is 2. The van der Waals surface area contributed by atoms with Gasteiger partial charge in [-0.15, -0.1) is 10.2 Å². The fraction of sp³-hybridized carbons (Fsp3) is 0.882. The van der Waals surface area contributed by atoms with E-state index in [-0.39, 0.29) is 11.0 Å². The van der Waals surface area contributed by atoms with E-state index in [4.69, 9.17) is 4.42 Å². The van der Waals surface area contributed by atoms with Gasteiger partial charge in [0.25, 0.3) is 0 Å². The fourth-order valence-electron chi connectivity index (χ4n) is 3.16. The van der Waals surface area contributed by atoms with E-state index in [0.717, 1.165) is 31.2 Å². The predicted molar refractivity (Wildman–Crippen MR) is 85.4 cm³/mol. The molecule has 0 amide bonds. The van der Waals surface area contributed by atoms with Crippen molar-refractivity contribution in [2.45, 2.75) is 84.6 Å². The molecule has 1 unspecified atom stereocenters. The molecule has 4 nitrogen and oxygen atoms in total. The first-order chi connectivity index (χ1) is 9.78. The molecule has 0 radical (unpaired) electrons. The molecule has 0 spiro atoms. The molecule has 0 aromatic carbocycles. The van der Waals surface area contributed by atoms with E-state index in [9.17, 15) is 0 Å². The SMILES string of the molecule is CC(C)(C)NCCCc1nnc(C2CCCCC2(C)C)o1. The van der Waals surface area contributed by atoms with Crippen LogP contribution in [0.15, 0.2) is 4.42 Å². The molecular formula is C17H31N3O. The average Bonchev–Trinajstić information content (AvgIpc) is 2.81. The molecule has 4 heteroatoms. The van der Waals surface area contributed by atoms with E-state index in [2.05, 4.69) is 50.1 Å². The van der Waals surface area contributed by atoms with Gasteiger partial charge in [-0.1, -0.05) is 26.7 Å². The zero-order valence-electron chi connectivity index (χ0n) is 14.3. The summed E-state index contributed by atoms with van der Waals surface area (Å²) in [6.07, 6.45) is 6.94. The van der Waals surface area contributed by atoms with E-state index >= 15 is 0 Å². The molecule has 1 heterocycles. The second-order valence-corrected chi connectivity index (χ2v) is 8.10. The molecule has 1 aromatic heterocycles. The summed E-state index contributed by atoms with van der Waals surface area (Å²) >= 11 is 0. The van der Waals surface area contributed by atoms with Crippen molar-refractivity contribution in [2.24, 2.45) is 5.41 Å². The zero-order chi connectivity index (χ0) is 15.5. The van der Waals surface area contributed by atoms with Crippen LogP contribution in [0.25, 0.3) is 0 Å². The van der Waals surface area contributed by atoms with Crippen molar-refractivity contribution in [3.8, 4) is 0 Å². The van der Waals surface area contributed by atoms with Crippen LogP contribution >= 0.6 is 0 Å². The topological polar surface area (TPSA) is 51.0 Å². The van der Waals surface area contributed by atoms with Crippen LogP contribution in [0, 0.1) is 5.41 Å². The molecule has 1 aromatic rings. The Kier molecular flexibility index (Phi) is 5.07. The zero-order valence-corrected chi connectivity index (χ0v) is 14.3. The van der Waals surface area contributed by atoms with Crippen LogP contribution in [0.2, 0.25) is 0 Å². The second-order valence-electron chi connectivity index (χ2n) is 8.10. The van der Waals surface area contributed by atoms with E-state index in [1.807, 2.05) is 0 Å². The summed E-state index contributed by atoms with van der Waals surface area (Å²) in [5, 5.41) is 12.1. The van der Waals surface area contributed by atoms with Gasteiger partial charge in [0, 0.05) is 17.9 Å². The molecular weight excluding hydrogens is 262 g/mol. The third-order valence-electron chi connectivity index (χ3n) is 4.51. The Morgan fingerprint density at radius 3 is 2.67 bits per heavy atom. The molecule has 120 valence electrons. The number of aryl methyl sites for hydroxylation is 1. The Morgan fingerprint density at radius 1 is 1.24 bits per heavy atom. The number of hydrogen-bond donors (Lipinski definition) is 1. The fourth-order valence-corrected chi connectivity index (χ4v) is 3.16. The van der Waals surface area contributed by atoms with E-state index in [1.165, 1.54) is 25.7 Å². The van der Waals surface area contributed by atoms with Gasteiger partial charge >= 0.3 is 0 Å². The van der Waals surface area contributed by atoms with Gasteiger partial charge in [0.1, 0.15) is 0 Å². The summed E-state index contributed by atoms with van der Waals surface area (Å²) in [5.41, 5.74) is 0.460. The first-order valence-electron chi connectivity index (χ1n) is 8.35. The molecule has 0 aliphatic heterocycles. The summed E-state index contributed by atoms with van der Waals surface area (Å²) < 4.78 is 5.94. The number of hydrogen-bond acceptors (Lipinski definition) is 4. The Morgan fingerprint density at radius 2 is 2.00 bits per heavy atom. The maximum absolute atomic E-state index is 5.94. The van der Waals surface area contributed by atoms with Crippen molar-refractivity contribution in [2.75, 3.05) is 6.54 Å².